The molecule has 27 heavy (non-hydrogen) atoms. The summed E-state index contributed by atoms with van der Waals surface area (Å²) in [5, 5.41) is 3.54. The van der Waals surface area contributed by atoms with Crippen molar-refractivity contribution in [1.82, 2.24) is 0 Å². The van der Waals surface area contributed by atoms with Gasteiger partial charge in [0.2, 0.25) is 0 Å². The summed E-state index contributed by atoms with van der Waals surface area (Å²) in [4.78, 5) is 0. The molecule has 3 nitrogen and oxygen atoms in total. The third-order valence-electron chi connectivity index (χ3n) is 5.16. The lowest BCUT2D eigenvalue weighted by atomic mass is 9.98. The highest BCUT2D eigenvalue weighted by atomic mass is 19.1. The van der Waals surface area contributed by atoms with E-state index in [0.29, 0.717) is 24.6 Å². The Kier molecular flexibility index (Phi) is 5.45. The number of nitrogens with zero attached hydrogens (tertiary/aromatic N) is 1. The molecule has 0 fully saturated rings. The van der Waals surface area contributed by atoms with Crippen LogP contribution in [0, 0.1) is 5.82 Å². The quantitative estimate of drug-likeness (QED) is 0.328. The van der Waals surface area contributed by atoms with Gasteiger partial charge in [-0.15, -0.1) is 0 Å². The number of allylic oxidation sites excluding steroid dienone is 3. The van der Waals surface area contributed by atoms with E-state index in [9.17, 15) is 4.39 Å². The fourth-order valence-corrected chi connectivity index (χ4v) is 3.54. The number of nitrogens with two attached hydrogens (primary N) is 2. The van der Waals surface area contributed by atoms with E-state index in [1.54, 1.807) is 6.07 Å². The van der Waals surface area contributed by atoms with Crippen molar-refractivity contribution in [3.8, 4) is 0 Å². The highest BCUT2D eigenvalue weighted by molar-refractivity contribution is 6.05. The maximum Gasteiger partial charge on any atom is 0.123 e. The summed E-state index contributed by atoms with van der Waals surface area (Å²) in [6.07, 6.45) is 3.40. The highest BCUT2D eigenvalue weighted by Gasteiger charge is 2.24. The van der Waals surface area contributed by atoms with Crippen molar-refractivity contribution < 1.29 is 4.39 Å². The summed E-state index contributed by atoms with van der Waals surface area (Å²) in [5.41, 5.74) is 13.6. The van der Waals surface area contributed by atoms with Crippen molar-refractivity contribution in [3.05, 3.63) is 76.1 Å². The first-order valence-electron chi connectivity index (χ1n) is 9.25. The lowest BCUT2D eigenvalue weighted by Crippen LogP contribution is -2.13. The van der Waals surface area contributed by atoms with Crippen LogP contribution in [0.25, 0.3) is 17.2 Å². The molecule has 0 heterocycles. The average molecular weight is 363 g/mol. The Hall–Kier alpha value is -2.88. The summed E-state index contributed by atoms with van der Waals surface area (Å²) >= 11 is 0. The number of fused-ring (bicyclic) bond motifs is 1. The van der Waals surface area contributed by atoms with Crippen LogP contribution < -0.4 is 11.6 Å². The fraction of sp³-hybridized carbons (Fsp3) is 0.261. The lowest BCUT2D eigenvalue weighted by molar-refractivity contribution is 0.627. The second-order valence-corrected chi connectivity index (χ2v) is 7.29. The van der Waals surface area contributed by atoms with Crippen LogP contribution in [-0.4, -0.2) is 5.84 Å². The molecule has 0 aliphatic heterocycles. The van der Waals surface area contributed by atoms with Gasteiger partial charge in [0.05, 0.1) is 0 Å². The van der Waals surface area contributed by atoms with Gasteiger partial charge in [-0.25, -0.2) is 4.39 Å². The van der Waals surface area contributed by atoms with Crippen LogP contribution in [0.2, 0.25) is 0 Å². The Morgan fingerprint density at radius 1 is 1.11 bits per heavy atom. The first-order valence-corrected chi connectivity index (χ1v) is 9.25. The summed E-state index contributed by atoms with van der Waals surface area (Å²) in [6.45, 7) is 6.45. The fourth-order valence-electron chi connectivity index (χ4n) is 3.54. The van der Waals surface area contributed by atoms with Crippen molar-refractivity contribution in [1.29, 1.82) is 0 Å². The molecule has 0 spiro atoms. The van der Waals surface area contributed by atoms with Gasteiger partial charge in [0.15, 0.2) is 0 Å². The van der Waals surface area contributed by atoms with Crippen molar-refractivity contribution >= 4 is 23.1 Å². The number of halogens is 1. The highest BCUT2D eigenvalue weighted by Crippen LogP contribution is 2.44. The van der Waals surface area contributed by atoms with Crippen LogP contribution >= 0.6 is 0 Å². The van der Waals surface area contributed by atoms with Gasteiger partial charge in [0.1, 0.15) is 11.7 Å². The summed E-state index contributed by atoms with van der Waals surface area (Å²) in [5.74, 6) is 5.92. The van der Waals surface area contributed by atoms with Gasteiger partial charge >= 0.3 is 0 Å². The van der Waals surface area contributed by atoms with E-state index in [4.69, 9.17) is 11.6 Å². The van der Waals surface area contributed by atoms with E-state index in [2.05, 4.69) is 56.2 Å². The van der Waals surface area contributed by atoms with E-state index in [1.165, 1.54) is 11.6 Å². The molecule has 3 rings (SSSR count). The molecule has 1 aliphatic carbocycles. The third kappa shape index (κ3) is 3.95. The smallest absolute Gasteiger partial charge is 0.123 e. The maximum absolute atomic E-state index is 13.9. The lowest BCUT2D eigenvalue weighted by Gasteiger charge is -2.07. The molecule has 0 unspecified atom stereocenters. The van der Waals surface area contributed by atoms with E-state index in [0.717, 1.165) is 33.4 Å². The summed E-state index contributed by atoms with van der Waals surface area (Å²) in [6, 6.07) is 13.6. The Morgan fingerprint density at radius 2 is 1.81 bits per heavy atom. The third-order valence-corrected chi connectivity index (χ3v) is 5.16. The van der Waals surface area contributed by atoms with Gasteiger partial charge < -0.3 is 11.6 Å². The molecule has 2 aromatic carbocycles. The van der Waals surface area contributed by atoms with Gasteiger partial charge in [-0.3, -0.25) is 0 Å². The molecule has 4 N–H and O–H groups in total. The number of rotatable bonds is 5. The van der Waals surface area contributed by atoms with Crippen LogP contribution in [0.5, 0.6) is 0 Å². The van der Waals surface area contributed by atoms with Crippen molar-refractivity contribution in [2.45, 2.75) is 39.5 Å². The Balaban J connectivity index is 2.02. The molecule has 0 amide bonds. The van der Waals surface area contributed by atoms with Gasteiger partial charge in [-0.05, 0) is 76.4 Å². The van der Waals surface area contributed by atoms with Crippen molar-refractivity contribution in [2.75, 3.05) is 0 Å². The Bertz CT molecular complexity index is 935. The van der Waals surface area contributed by atoms with E-state index < -0.39 is 0 Å². The molecule has 2 aromatic rings. The topological polar surface area (TPSA) is 64.4 Å². The Morgan fingerprint density at radius 3 is 2.44 bits per heavy atom. The predicted molar refractivity (Wildman–Crippen MR) is 112 cm³/mol. The van der Waals surface area contributed by atoms with E-state index in [-0.39, 0.29) is 5.82 Å². The van der Waals surface area contributed by atoms with E-state index >= 15 is 0 Å². The predicted octanol–water partition coefficient (Wildman–Crippen LogP) is 5.29. The second-order valence-electron chi connectivity index (χ2n) is 7.29. The normalized spacial score (nSPS) is 15.7. The molecule has 0 saturated heterocycles. The average Bonchev–Trinajstić information content (AvgIpc) is 2.91. The minimum atomic E-state index is -0.234. The maximum atomic E-state index is 13.9. The van der Waals surface area contributed by atoms with Crippen LogP contribution in [0.15, 0.2) is 53.1 Å². The van der Waals surface area contributed by atoms with Crippen molar-refractivity contribution in [3.63, 3.8) is 0 Å². The number of benzene rings is 2. The first kappa shape index (κ1) is 18.9. The molecular weight excluding hydrogens is 337 g/mol. The second kappa shape index (κ2) is 7.78. The summed E-state index contributed by atoms with van der Waals surface area (Å²) in [7, 11) is 0. The number of hydrogen-bond acceptors (Lipinski definition) is 2. The van der Waals surface area contributed by atoms with Gasteiger partial charge in [-0.2, -0.15) is 5.10 Å². The minimum absolute atomic E-state index is 0.234. The van der Waals surface area contributed by atoms with Gasteiger partial charge in [-0.1, -0.05) is 44.2 Å². The number of amidine groups is 1. The molecule has 140 valence electrons. The molecule has 0 saturated carbocycles. The minimum Gasteiger partial charge on any atom is -0.386 e. The first-order chi connectivity index (χ1) is 12.9. The molecular formula is C23H26FN3. The number of hydrogen-bond donors (Lipinski definition) is 2. The van der Waals surface area contributed by atoms with Gasteiger partial charge in [0, 0.05) is 6.42 Å². The summed E-state index contributed by atoms with van der Waals surface area (Å²) < 4.78 is 13.9. The molecule has 0 aromatic heterocycles. The van der Waals surface area contributed by atoms with Gasteiger partial charge in [0.25, 0.3) is 0 Å². The van der Waals surface area contributed by atoms with Crippen molar-refractivity contribution in [2.24, 2.45) is 16.7 Å². The molecule has 0 bridgehead atoms. The van der Waals surface area contributed by atoms with Crippen LogP contribution in [0.4, 0.5) is 4.39 Å². The standard InChI is InChI=1S/C23H26FN3/c1-14(2)17-6-4-16(5-7-17)12-21-15(3)19(10-11-23(25)27-26)22-13-18(24)8-9-20(21)22/h4-9,12-14H,10-11,26H2,1-3H3,(H2,25,27)/b21-12-. The zero-order valence-electron chi connectivity index (χ0n) is 16.1. The molecule has 0 radical (unpaired) electrons. The SMILES string of the molecule is CC1=C(CC/C(N)=N/N)c2cc(F)ccc2/C1=C\c1ccc(C(C)C)cc1. The zero-order valence-corrected chi connectivity index (χ0v) is 16.1. The molecule has 4 heteroatoms. The molecule has 1 aliphatic rings. The van der Waals surface area contributed by atoms with Crippen LogP contribution in [0.1, 0.15) is 61.8 Å². The van der Waals surface area contributed by atoms with Crippen LogP contribution in [0.3, 0.4) is 0 Å². The molecule has 0 atom stereocenters. The monoisotopic (exact) mass is 363 g/mol. The number of hydrazone groups is 1. The zero-order chi connectivity index (χ0) is 19.6. The largest absolute Gasteiger partial charge is 0.386 e. The Labute approximate surface area is 160 Å². The van der Waals surface area contributed by atoms with E-state index in [1.807, 2.05) is 6.07 Å². The van der Waals surface area contributed by atoms with Crippen LogP contribution in [-0.2, 0) is 0 Å².